The Kier molecular flexibility index (Phi) is 6.69. The first-order chi connectivity index (χ1) is 17.2. The summed E-state index contributed by atoms with van der Waals surface area (Å²) in [6.07, 6.45) is -5.09. The zero-order valence-electron chi connectivity index (χ0n) is 19.8. The van der Waals surface area contributed by atoms with E-state index in [2.05, 4.69) is 0 Å². The van der Waals surface area contributed by atoms with Crippen LogP contribution in [0.15, 0.2) is 59.4 Å². The fourth-order valence-corrected chi connectivity index (χ4v) is 5.10. The minimum atomic E-state index is -5.09. The topological polar surface area (TPSA) is 84.5 Å². The van der Waals surface area contributed by atoms with E-state index in [1.165, 1.54) is 66.6 Å². The molecule has 0 spiro atoms. The number of carboxylic acid groups (broad SMARTS) is 1. The average molecular weight is 553 g/mol. The molecule has 0 bridgehead atoms. The van der Waals surface area contributed by atoms with Gasteiger partial charge in [0.2, 0.25) is 0 Å². The monoisotopic (exact) mass is 552 g/mol. The lowest BCUT2D eigenvalue weighted by Crippen LogP contribution is -2.46. The highest BCUT2D eigenvalue weighted by Crippen LogP contribution is 2.50. The summed E-state index contributed by atoms with van der Waals surface area (Å²) in [7, 11) is 2.94. The van der Waals surface area contributed by atoms with Gasteiger partial charge in [0.1, 0.15) is 0 Å². The first kappa shape index (κ1) is 26.8. The number of aromatic carboxylic acids is 1. The zero-order chi connectivity index (χ0) is 27.4. The summed E-state index contributed by atoms with van der Waals surface area (Å²) >= 11 is 12.3. The van der Waals surface area contributed by atoms with E-state index in [1.807, 2.05) is 0 Å². The molecule has 0 aliphatic heterocycles. The molecule has 1 heterocycles. The smallest absolute Gasteiger partial charge is 0.422 e. The number of aromatic nitrogens is 2. The predicted octanol–water partition coefficient (Wildman–Crippen LogP) is 6.10. The number of rotatable bonds is 5. The van der Waals surface area contributed by atoms with Crippen LogP contribution in [0.2, 0.25) is 10.0 Å². The molecule has 4 rings (SSSR count). The molecule has 0 amide bonds. The van der Waals surface area contributed by atoms with Crippen molar-refractivity contribution in [3.63, 3.8) is 0 Å². The Bertz CT molecular complexity index is 1610. The summed E-state index contributed by atoms with van der Waals surface area (Å²) in [6, 6.07) is 12.2. The number of fused-ring (bicyclic) bond motifs is 1. The lowest BCUT2D eigenvalue weighted by Gasteiger charge is -2.37. The summed E-state index contributed by atoms with van der Waals surface area (Å²) < 4.78 is 46.0. The van der Waals surface area contributed by atoms with Gasteiger partial charge in [-0.2, -0.15) is 13.2 Å². The van der Waals surface area contributed by atoms with Gasteiger partial charge in [0.15, 0.2) is 5.60 Å². The van der Waals surface area contributed by atoms with Gasteiger partial charge in [0, 0.05) is 25.0 Å². The van der Waals surface area contributed by atoms with Crippen LogP contribution in [0.3, 0.4) is 0 Å². The van der Waals surface area contributed by atoms with E-state index >= 15 is 0 Å². The van der Waals surface area contributed by atoms with Crippen molar-refractivity contribution in [1.29, 1.82) is 0 Å². The highest BCUT2D eigenvalue weighted by Gasteiger charge is 2.59. The van der Waals surface area contributed by atoms with Crippen LogP contribution in [0.5, 0.6) is 0 Å². The van der Waals surface area contributed by atoms with Crippen molar-refractivity contribution < 1.29 is 28.2 Å². The molecule has 0 saturated carbocycles. The Hall–Kier alpha value is -3.27. The van der Waals surface area contributed by atoms with Crippen LogP contribution in [-0.2, 0) is 19.7 Å². The molecule has 0 aliphatic carbocycles. The Labute approximate surface area is 219 Å². The van der Waals surface area contributed by atoms with E-state index in [9.17, 15) is 33.0 Å². The quantitative estimate of drug-likeness (QED) is 0.313. The van der Waals surface area contributed by atoms with Crippen molar-refractivity contribution >= 4 is 40.2 Å². The number of aliphatic hydroxyl groups is 1. The van der Waals surface area contributed by atoms with Crippen molar-refractivity contribution in [3.05, 3.63) is 91.8 Å². The molecule has 37 heavy (non-hydrogen) atoms. The Balaban J connectivity index is 1.82. The van der Waals surface area contributed by atoms with Gasteiger partial charge >= 0.3 is 17.8 Å². The number of carbonyl (C=O) groups is 1. The Morgan fingerprint density at radius 2 is 1.49 bits per heavy atom. The third-order valence-corrected chi connectivity index (χ3v) is 7.42. The number of imidazole rings is 1. The third-order valence-electron chi connectivity index (χ3n) is 6.77. The van der Waals surface area contributed by atoms with Crippen LogP contribution < -0.4 is 5.69 Å². The zero-order valence-corrected chi connectivity index (χ0v) is 21.3. The van der Waals surface area contributed by atoms with Crippen molar-refractivity contribution in [2.24, 2.45) is 14.1 Å². The highest BCUT2D eigenvalue weighted by atomic mass is 35.5. The van der Waals surface area contributed by atoms with Crippen LogP contribution >= 0.6 is 23.2 Å². The van der Waals surface area contributed by atoms with Crippen LogP contribution in [0, 0.1) is 0 Å². The summed E-state index contributed by atoms with van der Waals surface area (Å²) in [5.74, 6) is -2.78. The lowest BCUT2D eigenvalue weighted by molar-refractivity contribution is -0.274. The largest absolute Gasteiger partial charge is 0.478 e. The third kappa shape index (κ3) is 4.31. The minimum Gasteiger partial charge on any atom is -0.478 e. The summed E-state index contributed by atoms with van der Waals surface area (Å²) in [6.45, 7) is 1.22. The first-order valence-electron chi connectivity index (χ1n) is 11.0. The van der Waals surface area contributed by atoms with Gasteiger partial charge in [-0.3, -0.25) is 9.13 Å². The van der Waals surface area contributed by atoms with Gasteiger partial charge < -0.3 is 10.2 Å². The summed E-state index contributed by atoms with van der Waals surface area (Å²) in [4.78, 5) is 23.7. The Morgan fingerprint density at radius 1 is 0.892 bits per heavy atom. The fourth-order valence-electron chi connectivity index (χ4n) is 4.55. The SMILES string of the molecule is C[C@H](c1ccc(-c2ccc(Cl)c(C(=O)O)c2)cc1Cl)[C@@](O)(c1ccc2c(c1)n(C)c(=O)n2C)C(F)(F)F. The maximum absolute atomic E-state index is 14.5. The highest BCUT2D eigenvalue weighted by molar-refractivity contribution is 6.33. The maximum Gasteiger partial charge on any atom is 0.422 e. The molecular weight excluding hydrogens is 532 g/mol. The van der Waals surface area contributed by atoms with Crippen LogP contribution in [0.1, 0.15) is 34.3 Å². The molecular formula is C26H21Cl2F3N2O4. The van der Waals surface area contributed by atoms with Crippen molar-refractivity contribution in [1.82, 2.24) is 9.13 Å². The molecule has 11 heteroatoms. The molecule has 4 aromatic rings. The van der Waals surface area contributed by atoms with Gasteiger partial charge in [-0.15, -0.1) is 0 Å². The molecule has 3 aromatic carbocycles. The van der Waals surface area contributed by atoms with Gasteiger partial charge in [-0.25, -0.2) is 9.59 Å². The molecule has 194 valence electrons. The molecule has 6 nitrogen and oxygen atoms in total. The molecule has 0 fully saturated rings. The van der Waals surface area contributed by atoms with Gasteiger partial charge in [0.05, 0.1) is 21.6 Å². The van der Waals surface area contributed by atoms with Gasteiger partial charge in [-0.05, 0) is 52.6 Å². The second-order valence-corrected chi connectivity index (χ2v) is 9.64. The number of carboxylic acids is 1. The normalized spacial score (nSPS) is 14.5. The van der Waals surface area contributed by atoms with E-state index in [1.54, 1.807) is 6.07 Å². The molecule has 1 aromatic heterocycles. The van der Waals surface area contributed by atoms with E-state index in [-0.39, 0.29) is 26.7 Å². The Morgan fingerprint density at radius 3 is 2.08 bits per heavy atom. The second-order valence-electron chi connectivity index (χ2n) is 8.83. The van der Waals surface area contributed by atoms with Crippen molar-refractivity contribution in [2.45, 2.75) is 24.6 Å². The molecule has 0 unspecified atom stereocenters. The van der Waals surface area contributed by atoms with E-state index in [0.29, 0.717) is 16.6 Å². The number of hydrogen-bond acceptors (Lipinski definition) is 3. The lowest BCUT2D eigenvalue weighted by atomic mass is 9.77. The molecule has 0 aliphatic rings. The predicted molar refractivity (Wildman–Crippen MR) is 135 cm³/mol. The first-order valence-corrected chi connectivity index (χ1v) is 11.7. The van der Waals surface area contributed by atoms with Crippen molar-refractivity contribution in [3.8, 4) is 11.1 Å². The maximum atomic E-state index is 14.5. The van der Waals surface area contributed by atoms with Crippen LogP contribution in [0.4, 0.5) is 13.2 Å². The molecule has 2 atom stereocenters. The van der Waals surface area contributed by atoms with Crippen LogP contribution in [-0.4, -0.2) is 31.5 Å². The number of hydrogen-bond donors (Lipinski definition) is 2. The standard InChI is InChI=1S/C26H21Cl2F3N2O4/c1-13(17-7-4-15(11-20(17)28)14-5-8-19(27)18(10-14)23(34)35)25(37,26(29,30)31)16-6-9-21-22(12-16)33(3)24(36)32(21)2/h4-13,37H,1-3H3,(H,34,35)/t13-,25-/m1/s1. The van der Waals surface area contributed by atoms with E-state index in [0.717, 1.165) is 12.1 Å². The molecule has 0 saturated heterocycles. The minimum absolute atomic E-state index is 0.0275. The van der Waals surface area contributed by atoms with Gasteiger partial charge in [-0.1, -0.05) is 54.4 Å². The summed E-state index contributed by atoms with van der Waals surface area (Å²) in [5.41, 5.74) is -2.74. The summed E-state index contributed by atoms with van der Waals surface area (Å²) in [5, 5.41) is 20.6. The number of nitrogens with zero attached hydrogens (tertiary/aromatic N) is 2. The second kappa shape index (κ2) is 9.24. The number of alkyl halides is 3. The average Bonchev–Trinajstić information content (AvgIpc) is 3.05. The number of halogens is 5. The fraction of sp³-hybridized carbons (Fsp3) is 0.231. The van der Waals surface area contributed by atoms with Crippen molar-refractivity contribution in [2.75, 3.05) is 0 Å². The van der Waals surface area contributed by atoms with Crippen LogP contribution in [0.25, 0.3) is 22.2 Å². The van der Waals surface area contributed by atoms with E-state index < -0.39 is 34.9 Å². The number of benzene rings is 3. The van der Waals surface area contributed by atoms with Gasteiger partial charge in [0.25, 0.3) is 0 Å². The van der Waals surface area contributed by atoms with E-state index in [4.69, 9.17) is 23.2 Å². The number of aryl methyl sites for hydroxylation is 2. The molecule has 2 N–H and O–H groups in total. The molecule has 0 radical (unpaired) electrons.